The average molecular weight is 266 g/mol. The fourth-order valence-electron chi connectivity index (χ4n) is 2.85. The van der Waals surface area contributed by atoms with E-state index < -0.39 is 0 Å². The summed E-state index contributed by atoms with van der Waals surface area (Å²) in [5.41, 5.74) is 3.46. The Kier molecular flexibility index (Phi) is 3.50. The number of nitrogens with one attached hydrogen (secondary N) is 1. The molecule has 0 fully saturated rings. The number of pyridine rings is 1. The van der Waals surface area contributed by atoms with Gasteiger partial charge in [0.05, 0.1) is 5.92 Å². The number of rotatable bonds is 2. The number of nitrogens with zero attached hydrogens (tertiary/aromatic N) is 1. The first-order valence-corrected chi connectivity index (χ1v) is 7.06. The third-order valence-corrected chi connectivity index (χ3v) is 3.94. The minimum absolute atomic E-state index is 0.0543. The second kappa shape index (κ2) is 5.45. The van der Waals surface area contributed by atoms with Gasteiger partial charge in [-0.3, -0.25) is 4.79 Å². The summed E-state index contributed by atoms with van der Waals surface area (Å²) in [7, 11) is 0. The van der Waals surface area contributed by atoms with Gasteiger partial charge in [-0.2, -0.15) is 0 Å². The Bertz CT molecular complexity index is 636. The largest absolute Gasteiger partial charge is 0.310 e. The summed E-state index contributed by atoms with van der Waals surface area (Å²) in [4.78, 5) is 16.8. The van der Waals surface area contributed by atoms with Crippen LogP contribution in [0.3, 0.4) is 0 Å². The highest BCUT2D eigenvalue weighted by Gasteiger charge is 2.26. The molecule has 0 bridgehead atoms. The van der Waals surface area contributed by atoms with Gasteiger partial charge in [0, 0.05) is 6.20 Å². The first kappa shape index (κ1) is 12.9. The van der Waals surface area contributed by atoms with Crippen LogP contribution in [0.25, 0.3) is 0 Å². The molecule has 0 saturated carbocycles. The standard InChI is InChI=1S/C17H18N2O/c1-12-6-5-11-18-16(12)19-17(20)15-10-4-8-13-7-2-3-9-14(13)15/h2-3,5-7,9,11,15H,4,8,10H2,1H3,(H,18,19,20)/t15-/m0/s1. The Labute approximate surface area is 119 Å². The number of aromatic nitrogens is 1. The minimum atomic E-state index is -0.0543. The van der Waals surface area contributed by atoms with E-state index in [2.05, 4.69) is 22.4 Å². The molecular formula is C17H18N2O. The number of fused-ring (bicyclic) bond motifs is 1. The highest BCUT2D eigenvalue weighted by molar-refractivity contribution is 5.96. The van der Waals surface area contributed by atoms with E-state index in [9.17, 15) is 4.79 Å². The monoisotopic (exact) mass is 266 g/mol. The van der Waals surface area contributed by atoms with Crippen LogP contribution in [-0.2, 0) is 11.2 Å². The van der Waals surface area contributed by atoms with Gasteiger partial charge in [0.25, 0.3) is 0 Å². The van der Waals surface area contributed by atoms with Crippen LogP contribution in [0.5, 0.6) is 0 Å². The summed E-state index contributed by atoms with van der Waals surface area (Å²) in [6, 6.07) is 12.1. The van der Waals surface area contributed by atoms with Gasteiger partial charge in [-0.25, -0.2) is 4.98 Å². The van der Waals surface area contributed by atoms with Crippen molar-refractivity contribution >= 4 is 11.7 Å². The summed E-state index contributed by atoms with van der Waals surface area (Å²) in [6.45, 7) is 1.96. The molecular weight excluding hydrogens is 248 g/mol. The van der Waals surface area contributed by atoms with E-state index in [1.165, 1.54) is 11.1 Å². The SMILES string of the molecule is Cc1cccnc1NC(=O)[C@H]1CCCc2ccccc21. The summed E-state index contributed by atoms with van der Waals surface area (Å²) in [5, 5.41) is 2.97. The van der Waals surface area contributed by atoms with Crippen molar-refractivity contribution in [3.05, 3.63) is 59.3 Å². The topological polar surface area (TPSA) is 42.0 Å². The molecule has 1 N–H and O–H groups in total. The lowest BCUT2D eigenvalue weighted by Gasteiger charge is -2.24. The second-order valence-electron chi connectivity index (χ2n) is 5.30. The maximum atomic E-state index is 12.5. The van der Waals surface area contributed by atoms with Crippen molar-refractivity contribution in [2.75, 3.05) is 5.32 Å². The molecule has 3 nitrogen and oxygen atoms in total. The molecule has 0 aliphatic heterocycles. The van der Waals surface area contributed by atoms with Crippen LogP contribution >= 0.6 is 0 Å². The molecule has 1 aromatic carbocycles. The van der Waals surface area contributed by atoms with Crippen molar-refractivity contribution in [2.24, 2.45) is 0 Å². The maximum absolute atomic E-state index is 12.5. The number of benzene rings is 1. The predicted molar refractivity (Wildman–Crippen MR) is 79.7 cm³/mol. The van der Waals surface area contributed by atoms with Crippen molar-refractivity contribution in [1.82, 2.24) is 4.98 Å². The van der Waals surface area contributed by atoms with Crippen LogP contribution in [0, 0.1) is 6.92 Å². The van der Waals surface area contributed by atoms with E-state index in [1.807, 2.05) is 31.2 Å². The fourth-order valence-corrected chi connectivity index (χ4v) is 2.85. The van der Waals surface area contributed by atoms with Crippen LogP contribution in [0.4, 0.5) is 5.82 Å². The molecule has 0 radical (unpaired) electrons. The van der Waals surface area contributed by atoms with Gasteiger partial charge in [0.1, 0.15) is 5.82 Å². The lowest BCUT2D eigenvalue weighted by Crippen LogP contribution is -2.25. The Morgan fingerprint density at radius 1 is 1.25 bits per heavy atom. The van der Waals surface area contributed by atoms with Gasteiger partial charge in [-0.05, 0) is 48.9 Å². The molecule has 3 rings (SSSR count). The third kappa shape index (κ3) is 2.44. The van der Waals surface area contributed by atoms with E-state index in [1.54, 1.807) is 6.20 Å². The predicted octanol–water partition coefficient (Wildman–Crippen LogP) is 3.45. The molecule has 1 heterocycles. The van der Waals surface area contributed by atoms with Gasteiger partial charge < -0.3 is 5.32 Å². The summed E-state index contributed by atoms with van der Waals surface area (Å²) >= 11 is 0. The van der Waals surface area contributed by atoms with Crippen molar-refractivity contribution in [1.29, 1.82) is 0 Å². The van der Waals surface area contributed by atoms with Crippen molar-refractivity contribution in [3.8, 4) is 0 Å². The average Bonchev–Trinajstić information content (AvgIpc) is 2.49. The molecule has 0 unspecified atom stereocenters. The Morgan fingerprint density at radius 2 is 2.10 bits per heavy atom. The molecule has 0 spiro atoms. The van der Waals surface area contributed by atoms with E-state index in [4.69, 9.17) is 0 Å². The zero-order valence-corrected chi connectivity index (χ0v) is 11.6. The van der Waals surface area contributed by atoms with Crippen LogP contribution in [-0.4, -0.2) is 10.9 Å². The summed E-state index contributed by atoms with van der Waals surface area (Å²) in [6.07, 6.45) is 4.75. The van der Waals surface area contributed by atoms with Gasteiger partial charge in [-0.1, -0.05) is 30.3 Å². The highest BCUT2D eigenvalue weighted by Crippen LogP contribution is 2.32. The smallest absolute Gasteiger partial charge is 0.233 e. The summed E-state index contributed by atoms with van der Waals surface area (Å²) < 4.78 is 0. The van der Waals surface area contributed by atoms with Crippen LogP contribution in [0.15, 0.2) is 42.6 Å². The third-order valence-electron chi connectivity index (χ3n) is 3.94. The number of carbonyl (C=O) groups excluding carboxylic acids is 1. The van der Waals surface area contributed by atoms with E-state index >= 15 is 0 Å². The molecule has 1 amide bonds. The first-order valence-electron chi connectivity index (χ1n) is 7.06. The molecule has 20 heavy (non-hydrogen) atoms. The fraction of sp³-hybridized carbons (Fsp3) is 0.294. The zero-order chi connectivity index (χ0) is 13.9. The van der Waals surface area contributed by atoms with Gasteiger partial charge in [-0.15, -0.1) is 0 Å². The van der Waals surface area contributed by atoms with Gasteiger partial charge >= 0.3 is 0 Å². The molecule has 102 valence electrons. The Morgan fingerprint density at radius 3 is 2.95 bits per heavy atom. The van der Waals surface area contributed by atoms with Crippen molar-refractivity contribution in [2.45, 2.75) is 32.1 Å². The Balaban J connectivity index is 1.84. The molecule has 1 aliphatic rings. The van der Waals surface area contributed by atoms with Gasteiger partial charge in [0.2, 0.25) is 5.91 Å². The van der Waals surface area contributed by atoms with Crippen LogP contribution in [0.2, 0.25) is 0 Å². The van der Waals surface area contributed by atoms with Gasteiger partial charge in [0.15, 0.2) is 0 Å². The number of amides is 1. The Hall–Kier alpha value is -2.16. The molecule has 0 saturated heterocycles. The van der Waals surface area contributed by atoms with Crippen molar-refractivity contribution < 1.29 is 4.79 Å². The number of carbonyl (C=O) groups is 1. The first-order chi connectivity index (χ1) is 9.75. The molecule has 2 aromatic rings. The van der Waals surface area contributed by atoms with Crippen LogP contribution in [0.1, 0.15) is 35.4 Å². The highest BCUT2D eigenvalue weighted by atomic mass is 16.1. The lowest BCUT2D eigenvalue weighted by molar-refractivity contribution is -0.117. The lowest BCUT2D eigenvalue weighted by atomic mass is 9.82. The maximum Gasteiger partial charge on any atom is 0.233 e. The number of hydrogen-bond donors (Lipinski definition) is 1. The van der Waals surface area contributed by atoms with E-state index in [0.717, 1.165) is 24.8 Å². The second-order valence-corrected chi connectivity index (χ2v) is 5.30. The van der Waals surface area contributed by atoms with Crippen molar-refractivity contribution in [3.63, 3.8) is 0 Å². The normalized spacial score (nSPS) is 17.4. The van der Waals surface area contributed by atoms with Crippen LogP contribution < -0.4 is 5.32 Å². The molecule has 1 atom stereocenters. The molecule has 1 aliphatic carbocycles. The molecule has 1 aromatic heterocycles. The minimum Gasteiger partial charge on any atom is -0.310 e. The number of hydrogen-bond acceptors (Lipinski definition) is 2. The quantitative estimate of drug-likeness (QED) is 0.904. The van der Waals surface area contributed by atoms with E-state index in [-0.39, 0.29) is 11.8 Å². The summed E-state index contributed by atoms with van der Waals surface area (Å²) in [5.74, 6) is 0.667. The molecule has 3 heteroatoms. The number of anilines is 1. The zero-order valence-electron chi connectivity index (χ0n) is 11.6. The number of aryl methyl sites for hydroxylation is 2. The van der Waals surface area contributed by atoms with E-state index in [0.29, 0.717) is 5.82 Å².